The maximum absolute atomic E-state index is 13.3. The van der Waals surface area contributed by atoms with E-state index in [1.54, 1.807) is 25.3 Å². The van der Waals surface area contributed by atoms with Gasteiger partial charge >= 0.3 is 0 Å². The first-order valence-electron chi connectivity index (χ1n) is 13.1. The van der Waals surface area contributed by atoms with Gasteiger partial charge in [-0.15, -0.1) is 10.2 Å². The van der Waals surface area contributed by atoms with Crippen LogP contribution in [-0.4, -0.2) is 60.2 Å². The number of aryl methyl sites for hydroxylation is 1. The summed E-state index contributed by atoms with van der Waals surface area (Å²) < 4.78 is 18.0. The number of fused-ring (bicyclic) bond motifs is 1. The molecule has 1 aliphatic rings. The second-order valence-corrected chi connectivity index (χ2v) is 10.2. The highest BCUT2D eigenvalue weighted by Crippen LogP contribution is 2.31. The molecule has 0 spiro atoms. The first-order valence-corrected chi connectivity index (χ1v) is 14.1. The standard InChI is InChI=1S/C30H31N5O5S/c1-38-22-15-21(16-23(17-22)39-2)29(37)31-18-27-32-33-30(35(27)25-12-6-7-13-26(25)40-3)41-19-28(36)34-14-8-10-20-9-4-5-11-24(20)34/h4-7,9,11-13,15-17H,8,10,14,18-19H2,1-3H3,(H,31,37). The summed E-state index contributed by atoms with van der Waals surface area (Å²) in [6.07, 6.45) is 1.89. The highest BCUT2D eigenvalue weighted by Gasteiger charge is 2.24. The average Bonchev–Trinajstić information content (AvgIpc) is 3.44. The van der Waals surface area contributed by atoms with Crippen LogP contribution in [0.2, 0.25) is 0 Å². The van der Waals surface area contributed by atoms with E-state index in [-0.39, 0.29) is 24.1 Å². The zero-order chi connectivity index (χ0) is 28.8. The lowest BCUT2D eigenvalue weighted by atomic mass is 10.0. The Balaban J connectivity index is 1.38. The first-order chi connectivity index (χ1) is 20.0. The summed E-state index contributed by atoms with van der Waals surface area (Å²) in [5.41, 5.74) is 3.23. The van der Waals surface area contributed by atoms with Gasteiger partial charge in [-0.05, 0) is 48.7 Å². The van der Waals surface area contributed by atoms with E-state index >= 15 is 0 Å². The molecule has 4 aromatic rings. The lowest BCUT2D eigenvalue weighted by Crippen LogP contribution is -2.36. The molecule has 2 heterocycles. The number of nitrogens with zero attached hydrogens (tertiary/aromatic N) is 4. The zero-order valence-corrected chi connectivity index (χ0v) is 23.9. The number of hydrogen-bond donors (Lipinski definition) is 1. The lowest BCUT2D eigenvalue weighted by Gasteiger charge is -2.29. The zero-order valence-electron chi connectivity index (χ0n) is 23.1. The molecule has 0 bridgehead atoms. The molecule has 10 nitrogen and oxygen atoms in total. The van der Waals surface area contributed by atoms with Crippen LogP contribution >= 0.6 is 11.8 Å². The van der Waals surface area contributed by atoms with E-state index < -0.39 is 0 Å². The van der Waals surface area contributed by atoms with E-state index in [1.165, 1.54) is 31.5 Å². The summed E-state index contributed by atoms with van der Waals surface area (Å²) >= 11 is 1.30. The Kier molecular flexibility index (Phi) is 8.73. The number of ether oxygens (including phenoxy) is 3. The largest absolute Gasteiger partial charge is 0.497 e. The van der Waals surface area contributed by atoms with Crippen LogP contribution in [0.4, 0.5) is 5.69 Å². The fourth-order valence-electron chi connectivity index (χ4n) is 4.76. The van der Waals surface area contributed by atoms with Gasteiger partial charge in [0.05, 0.1) is 39.3 Å². The second-order valence-electron chi connectivity index (χ2n) is 9.26. The summed E-state index contributed by atoms with van der Waals surface area (Å²) in [6.45, 7) is 0.763. The summed E-state index contributed by atoms with van der Waals surface area (Å²) in [5, 5.41) is 12.2. The van der Waals surface area contributed by atoms with Crippen molar-refractivity contribution in [2.45, 2.75) is 24.5 Å². The Bertz CT molecular complexity index is 1530. The van der Waals surface area contributed by atoms with Crippen molar-refractivity contribution in [1.29, 1.82) is 0 Å². The van der Waals surface area contributed by atoms with Crippen molar-refractivity contribution in [3.8, 4) is 22.9 Å². The quantitative estimate of drug-likeness (QED) is 0.280. The molecule has 0 atom stereocenters. The molecular weight excluding hydrogens is 542 g/mol. The van der Waals surface area contributed by atoms with Crippen LogP contribution in [0.25, 0.3) is 5.69 Å². The Morgan fingerprint density at radius 3 is 2.34 bits per heavy atom. The number of carbonyl (C=O) groups is 2. The number of nitrogens with one attached hydrogen (secondary N) is 1. The summed E-state index contributed by atoms with van der Waals surface area (Å²) in [7, 11) is 4.64. The van der Waals surface area contributed by atoms with Crippen molar-refractivity contribution in [3.05, 3.63) is 83.7 Å². The Labute approximate surface area is 242 Å². The predicted octanol–water partition coefficient (Wildman–Crippen LogP) is 4.29. The van der Waals surface area contributed by atoms with Crippen molar-refractivity contribution >= 4 is 29.3 Å². The van der Waals surface area contributed by atoms with Crippen molar-refractivity contribution < 1.29 is 23.8 Å². The minimum Gasteiger partial charge on any atom is -0.497 e. The third-order valence-corrected chi connectivity index (χ3v) is 7.70. The van der Waals surface area contributed by atoms with Crippen LogP contribution in [0.15, 0.2) is 71.9 Å². The highest BCUT2D eigenvalue weighted by molar-refractivity contribution is 7.99. The summed E-state index contributed by atoms with van der Waals surface area (Å²) in [4.78, 5) is 28.2. The number of anilines is 1. The van der Waals surface area contributed by atoms with Crippen molar-refractivity contribution in [2.24, 2.45) is 0 Å². The number of methoxy groups -OCH3 is 3. The molecule has 1 aromatic heterocycles. The molecule has 0 radical (unpaired) electrons. The van der Waals surface area contributed by atoms with Crippen molar-refractivity contribution in [3.63, 3.8) is 0 Å². The van der Waals surface area contributed by atoms with Gasteiger partial charge < -0.3 is 24.4 Å². The molecule has 0 saturated heterocycles. The molecule has 0 aliphatic carbocycles. The van der Waals surface area contributed by atoms with Gasteiger partial charge in [-0.3, -0.25) is 14.2 Å². The second kappa shape index (κ2) is 12.8. The van der Waals surface area contributed by atoms with Gasteiger partial charge in [-0.1, -0.05) is 42.1 Å². The fraction of sp³-hybridized carbons (Fsp3) is 0.267. The maximum Gasteiger partial charge on any atom is 0.251 e. The van der Waals surface area contributed by atoms with Crippen molar-refractivity contribution in [2.75, 3.05) is 38.5 Å². The van der Waals surface area contributed by atoms with E-state index in [0.717, 1.165) is 18.5 Å². The number of hydrogen-bond acceptors (Lipinski definition) is 8. The Morgan fingerprint density at radius 1 is 0.902 bits per heavy atom. The highest BCUT2D eigenvalue weighted by atomic mass is 32.2. The topological polar surface area (TPSA) is 108 Å². The molecule has 0 unspecified atom stereocenters. The van der Waals surface area contributed by atoms with Gasteiger partial charge in [-0.2, -0.15) is 0 Å². The molecular formula is C30H31N5O5S. The molecule has 1 aliphatic heterocycles. The monoisotopic (exact) mass is 573 g/mol. The fourth-order valence-corrected chi connectivity index (χ4v) is 5.60. The van der Waals surface area contributed by atoms with E-state index in [1.807, 2.05) is 51.9 Å². The molecule has 1 N–H and O–H groups in total. The Morgan fingerprint density at radius 2 is 1.61 bits per heavy atom. The van der Waals surface area contributed by atoms with Crippen LogP contribution in [0.1, 0.15) is 28.2 Å². The molecule has 212 valence electrons. The smallest absolute Gasteiger partial charge is 0.251 e. The molecule has 41 heavy (non-hydrogen) atoms. The van der Waals surface area contributed by atoms with Gasteiger partial charge in [-0.25, -0.2) is 0 Å². The minimum absolute atomic E-state index is 0.00134. The van der Waals surface area contributed by atoms with E-state index in [2.05, 4.69) is 21.6 Å². The molecule has 2 amide bonds. The minimum atomic E-state index is -0.329. The van der Waals surface area contributed by atoms with Gasteiger partial charge in [0, 0.05) is 23.9 Å². The number of amides is 2. The number of benzene rings is 3. The lowest BCUT2D eigenvalue weighted by molar-refractivity contribution is -0.116. The van der Waals surface area contributed by atoms with Crippen LogP contribution in [0.5, 0.6) is 17.2 Å². The van der Waals surface area contributed by atoms with E-state index in [9.17, 15) is 9.59 Å². The van der Waals surface area contributed by atoms with Crippen LogP contribution in [0, 0.1) is 0 Å². The van der Waals surface area contributed by atoms with E-state index in [4.69, 9.17) is 14.2 Å². The third-order valence-electron chi connectivity index (χ3n) is 6.78. The maximum atomic E-state index is 13.3. The normalized spacial score (nSPS) is 12.4. The summed E-state index contributed by atoms with van der Waals surface area (Å²) in [6, 6.07) is 20.5. The van der Waals surface area contributed by atoms with E-state index in [0.29, 0.717) is 46.0 Å². The van der Waals surface area contributed by atoms with Crippen LogP contribution < -0.4 is 24.4 Å². The third kappa shape index (κ3) is 6.14. The average molecular weight is 574 g/mol. The molecule has 0 saturated carbocycles. The van der Waals surface area contributed by atoms with Gasteiger partial charge in [0.2, 0.25) is 5.91 Å². The van der Waals surface area contributed by atoms with Gasteiger partial charge in [0.25, 0.3) is 5.91 Å². The van der Waals surface area contributed by atoms with Crippen LogP contribution in [0.3, 0.4) is 0 Å². The van der Waals surface area contributed by atoms with Gasteiger partial charge in [0.15, 0.2) is 11.0 Å². The summed E-state index contributed by atoms with van der Waals surface area (Å²) in [5.74, 6) is 1.95. The molecule has 0 fully saturated rings. The number of aromatic nitrogens is 3. The SMILES string of the molecule is COc1cc(OC)cc(C(=O)NCc2nnc(SCC(=O)N3CCCc4ccccc43)n2-c2ccccc2OC)c1. The van der Waals surface area contributed by atoms with Crippen LogP contribution in [-0.2, 0) is 17.8 Å². The Hall–Kier alpha value is -4.51. The van der Waals surface area contributed by atoms with Gasteiger partial charge in [0.1, 0.15) is 17.2 Å². The molecule has 3 aromatic carbocycles. The number of para-hydroxylation sites is 3. The predicted molar refractivity (Wildman–Crippen MR) is 156 cm³/mol. The molecule has 11 heteroatoms. The molecule has 5 rings (SSSR count). The first kappa shape index (κ1) is 28.0. The number of thioether (sulfide) groups is 1. The van der Waals surface area contributed by atoms with Crippen molar-refractivity contribution in [1.82, 2.24) is 20.1 Å². The number of carbonyl (C=O) groups excluding carboxylic acids is 2. The number of rotatable bonds is 10.